The second-order valence-corrected chi connectivity index (χ2v) is 5.68. The molecule has 0 bridgehead atoms. The van der Waals surface area contributed by atoms with Crippen molar-refractivity contribution in [3.63, 3.8) is 0 Å². The lowest BCUT2D eigenvalue weighted by molar-refractivity contribution is -0.109. The van der Waals surface area contributed by atoms with E-state index in [9.17, 15) is 19.8 Å². The van der Waals surface area contributed by atoms with Crippen LogP contribution in [-0.4, -0.2) is 40.3 Å². The lowest BCUT2D eigenvalue weighted by Crippen LogP contribution is -2.20. The Balaban J connectivity index is 2.65. The number of aliphatic hydroxyl groups excluding tert-OH is 2. The summed E-state index contributed by atoms with van der Waals surface area (Å²) in [7, 11) is 1.27. The Bertz CT molecular complexity index is 429. The van der Waals surface area contributed by atoms with Crippen LogP contribution in [0.1, 0.15) is 28.3 Å². The van der Waals surface area contributed by atoms with Crippen LogP contribution in [0.2, 0.25) is 0 Å². The van der Waals surface area contributed by atoms with Crippen LogP contribution in [0.25, 0.3) is 0 Å². The molecule has 7 heteroatoms. The van der Waals surface area contributed by atoms with E-state index < -0.39 is 18.2 Å². The summed E-state index contributed by atoms with van der Waals surface area (Å²) in [6, 6.07) is 1.48. The first kappa shape index (κ1) is 15.2. The molecule has 1 aromatic rings. The first-order chi connectivity index (χ1) is 8.45. The number of hydrogen-bond acceptors (Lipinski definition) is 7. The quantitative estimate of drug-likeness (QED) is 0.793. The number of esters is 1. The minimum atomic E-state index is -1.11. The van der Waals surface area contributed by atoms with E-state index in [4.69, 9.17) is 0 Å². The van der Waals surface area contributed by atoms with Gasteiger partial charge in [0.05, 0.1) is 18.8 Å². The topological polar surface area (TPSA) is 83.8 Å². The largest absolute Gasteiger partial charge is 0.465 e. The molecule has 0 saturated carbocycles. The molecule has 0 fully saturated rings. The molecule has 1 rings (SSSR count). The highest BCUT2D eigenvalue weighted by atomic mass is 32.2. The maximum atomic E-state index is 11.2. The third-order valence-corrected chi connectivity index (χ3v) is 4.07. The third-order valence-electron chi connectivity index (χ3n) is 2.15. The molecule has 5 nitrogen and oxygen atoms in total. The lowest BCUT2D eigenvalue weighted by Gasteiger charge is -2.15. The van der Waals surface area contributed by atoms with Crippen LogP contribution in [0, 0.1) is 0 Å². The number of aliphatic hydroxyl groups is 2. The van der Waals surface area contributed by atoms with Crippen molar-refractivity contribution in [3.05, 3.63) is 21.9 Å². The van der Waals surface area contributed by atoms with Crippen molar-refractivity contribution in [1.82, 2.24) is 0 Å². The zero-order chi connectivity index (χ0) is 13.7. The van der Waals surface area contributed by atoms with Crippen LogP contribution in [0.5, 0.6) is 0 Å². The number of methoxy groups -OCH3 is 1. The Morgan fingerprint density at radius 3 is 2.72 bits per heavy atom. The Morgan fingerprint density at radius 2 is 2.17 bits per heavy atom. The summed E-state index contributed by atoms with van der Waals surface area (Å²) in [5.41, 5.74) is 0.336. The van der Waals surface area contributed by atoms with Crippen molar-refractivity contribution in [1.29, 1.82) is 0 Å². The number of thiophene rings is 1. The van der Waals surface area contributed by atoms with E-state index in [1.54, 1.807) is 5.38 Å². The second kappa shape index (κ2) is 6.89. The van der Waals surface area contributed by atoms with Gasteiger partial charge in [-0.05, 0) is 6.07 Å². The number of rotatable bonds is 5. The summed E-state index contributed by atoms with van der Waals surface area (Å²) in [6.07, 6.45) is -2.16. The van der Waals surface area contributed by atoms with Gasteiger partial charge in [0.25, 0.3) is 0 Å². The van der Waals surface area contributed by atoms with Gasteiger partial charge < -0.3 is 14.9 Å². The Kier molecular flexibility index (Phi) is 5.80. The Hall–Kier alpha value is -0.890. The smallest absolute Gasteiger partial charge is 0.338 e. The summed E-state index contributed by atoms with van der Waals surface area (Å²) in [4.78, 5) is 22.4. The van der Waals surface area contributed by atoms with Gasteiger partial charge in [-0.3, -0.25) is 4.79 Å². The van der Waals surface area contributed by atoms with Crippen LogP contribution in [0.4, 0.5) is 0 Å². The molecule has 0 saturated heterocycles. The van der Waals surface area contributed by atoms with E-state index in [0.717, 1.165) is 23.1 Å². The van der Waals surface area contributed by atoms with Gasteiger partial charge in [-0.1, -0.05) is 11.8 Å². The summed E-state index contributed by atoms with van der Waals surface area (Å²) in [5.74, 6) is -0.376. The molecule has 2 atom stereocenters. The summed E-state index contributed by atoms with van der Waals surface area (Å²) in [6.45, 7) is 1.39. The maximum absolute atomic E-state index is 11.2. The van der Waals surface area contributed by atoms with E-state index in [1.165, 1.54) is 20.1 Å². The molecule has 18 heavy (non-hydrogen) atoms. The molecule has 2 N–H and O–H groups in total. The minimum absolute atomic E-state index is 0.113. The highest BCUT2D eigenvalue weighted by Gasteiger charge is 2.22. The molecular formula is C11H14O5S2. The van der Waals surface area contributed by atoms with Crippen molar-refractivity contribution in [2.24, 2.45) is 0 Å². The van der Waals surface area contributed by atoms with E-state index >= 15 is 0 Å². The fourth-order valence-electron chi connectivity index (χ4n) is 1.22. The van der Waals surface area contributed by atoms with Crippen LogP contribution < -0.4 is 0 Å². The monoisotopic (exact) mass is 290 g/mol. The molecule has 0 spiro atoms. The number of ether oxygens (including phenoxy) is 1. The highest BCUT2D eigenvalue weighted by molar-refractivity contribution is 8.13. The first-order valence-corrected chi connectivity index (χ1v) is 6.98. The van der Waals surface area contributed by atoms with E-state index in [-0.39, 0.29) is 10.9 Å². The van der Waals surface area contributed by atoms with Crippen LogP contribution in [-0.2, 0) is 9.53 Å². The normalized spacial score (nSPS) is 14.0. The van der Waals surface area contributed by atoms with Crippen molar-refractivity contribution in [2.45, 2.75) is 19.1 Å². The lowest BCUT2D eigenvalue weighted by atomic mass is 10.2. The highest BCUT2D eigenvalue weighted by Crippen LogP contribution is 2.26. The molecule has 0 aromatic carbocycles. The molecule has 0 aliphatic rings. The molecule has 1 heterocycles. The van der Waals surface area contributed by atoms with Crippen LogP contribution in [0.15, 0.2) is 11.4 Å². The van der Waals surface area contributed by atoms with Gasteiger partial charge in [0.15, 0.2) is 5.12 Å². The second-order valence-electron chi connectivity index (χ2n) is 3.54. The van der Waals surface area contributed by atoms with Crippen LogP contribution in [0.3, 0.4) is 0 Å². The summed E-state index contributed by atoms with van der Waals surface area (Å²) < 4.78 is 4.54. The summed E-state index contributed by atoms with van der Waals surface area (Å²) >= 11 is 2.10. The molecule has 100 valence electrons. The molecule has 0 radical (unpaired) electrons. The standard InChI is InChI=1S/C11H14O5S2/c1-6(12)17-5-8(13)10(14)9-3-7(4-18-9)11(15)16-2/h3-4,8,10,13-14H,5H2,1-2H3. The fourth-order valence-corrected chi connectivity index (χ4v) is 2.72. The van der Waals surface area contributed by atoms with Gasteiger partial charge >= 0.3 is 5.97 Å². The molecule has 0 amide bonds. The molecule has 0 aliphatic heterocycles. The van der Waals surface area contributed by atoms with Gasteiger partial charge in [0.1, 0.15) is 6.10 Å². The van der Waals surface area contributed by atoms with Gasteiger partial charge in [0.2, 0.25) is 0 Å². The zero-order valence-corrected chi connectivity index (χ0v) is 11.6. The van der Waals surface area contributed by atoms with Crippen LogP contribution >= 0.6 is 23.1 Å². The number of carbonyl (C=O) groups is 2. The minimum Gasteiger partial charge on any atom is -0.465 e. The van der Waals surface area contributed by atoms with E-state index in [2.05, 4.69) is 4.74 Å². The number of thioether (sulfide) groups is 1. The molecule has 1 aromatic heterocycles. The maximum Gasteiger partial charge on any atom is 0.338 e. The van der Waals surface area contributed by atoms with Gasteiger partial charge in [-0.2, -0.15) is 0 Å². The molecule has 0 aliphatic carbocycles. The van der Waals surface area contributed by atoms with Crippen molar-refractivity contribution in [2.75, 3.05) is 12.9 Å². The molecule has 2 unspecified atom stereocenters. The SMILES string of the molecule is COC(=O)c1csc(C(O)C(O)CSC(C)=O)c1. The fraction of sp³-hybridized carbons (Fsp3) is 0.455. The average molecular weight is 290 g/mol. The predicted molar refractivity (Wildman–Crippen MR) is 69.8 cm³/mol. The number of carbonyl (C=O) groups excluding carboxylic acids is 2. The average Bonchev–Trinajstić information content (AvgIpc) is 2.83. The molecular weight excluding hydrogens is 276 g/mol. The van der Waals surface area contributed by atoms with Gasteiger partial charge in [-0.25, -0.2) is 4.79 Å². The van der Waals surface area contributed by atoms with Gasteiger partial charge in [-0.15, -0.1) is 11.3 Å². The van der Waals surface area contributed by atoms with E-state index in [1.807, 2.05) is 0 Å². The Morgan fingerprint density at radius 1 is 1.50 bits per heavy atom. The predicted octanol–water partition coefficient (Wildman–Crippen LogP) is 1.21. The Labute approximate surface area is 113 Å². The summed E-state index contributed by atoms with van der Waals surface area (Å²) in [5, 5.41) is 21.0. The zero-order valence-electron chi connectivity index (χ0n) is 9.95. The first-order valence-electron chi connectivity index (χ1n) is 5.12. The third kappa shape index (κ3) is 4.09. The van der Waals surface area contributed by atoms with Crippen molar-refractivity contribution >= 4 is 34.2 Å². The number of hydrogen-bond donors (Lipinski definition) is 2. The van der Waals surface area contributed by atoms with E-state index in [0.29, 0.717) is 10.4 Å². The van der Waals surface area contributed by atoms with Crippen molar-refractivity contribution in [3.8, 4) is 0 Å². The van der Waals surface area contributed by atoms with Gasteiger partial charge in [0, 0.05) is 22.9 Å². The van der Waals surface area contributed by atoms with Crippen molar-refractivity contribution < 1.29 is 24.5 Å².